The van der Waals surface area contributed by atoms with Crippen LogP contribution < -0.4 is 10.5 Å². The summed E-state index contributed by atoms with van der Waals surface area (Å²) in [4.78, 5) is 11.0. The molecule has 0 aromatic heterocycles. The van der Waals surface area contributed by atoms with Crippen LogP contribution in [0.1, 0.15) is 21.5 Å². The summed E-state index contributed by atoms with van der Waals surface area (Å²) in [5, 5.41) is 0. The van der Waals surface area contributed by atoms with E-state index in [0.29, 0.717) is 5.56 Å². The van der Waals surface area contributed by atoms with Crippen molar-refractivity contribution in [2.24, 2.45) is 5.73 Å². The summed E-state index contributed by atoms with van der Waals surface area (Å²) in [5.74, 6) is -4.05. The first-order valence-electron chi connectivity index (χ1n) is 6.77. The first-order chi connectivity index (χ1) is 11.2. The van der Waals surface area contributed by atoms with Gasteiger partial charge in [0, 0.05) is 6.42 Å². The van der Waals surface area contributed by atoms with Crippen LogP contribution in [0.5, 0.6) is 5.75 Å². The number of benzene rings is 2. The molecule has 0 saturated carbocycles. The van der Waals surface area contributed by atoms with Crippen molar-refractivity contribution in [3.8, 4) is 5.75 Å². The quantitative estimate of drug-likeness (QED) is 0.840. The minimum atomic E-state index is -4.46. The predicted molar refractivity (Wildman–Crippen MR) is 75.5 cm³/mol. The summed E-state index contributed by atoms with van der Waals surface area (Å²) in [6, 6.07) is 6.41. The lowest BCUT2D eigenvalue weighted by Gasteiger charge is -2.11. The minimum absolute atomic E-state index is 0.0621. The van der Waals surface area contributed by atoms with Gasteiger partial charge >= 0.3 is 6.18 Å². The molecule has 0 fully saturated rings. The summed E-state index contributed by atoms with van der Waals surface area (Å²) in [6.07, 6.45) is -4.40. The number of alkyl halides is 3. The normalized spacial score (nSPS) is 11.4. The standard InChI is InChI=1S/C16H12F5NO2/c17-11-4-5-12(14(18)13(11)15(22)23)24-7-6-9-2-1-3-10(8-9)16(19,20)21/h1-5,8H,6-7H2,(H2,22,23). The Bertz CT molecular complexity index is 759. The Kier molecular flexibility index (Phi) is 5.06. The fourth-order valence-corrected chi connectivity index (χ4v) is 2.05. The van der Waals surface area contributed by atoms with Crippen molar-refractivity contribution in [2.75, 3.05) is 6.61 Å². The highest BCUT2D eigenvalue weighted by molar-refractivity contribution is 5.93. The van der Waals surface area contributed by atoms with Gasteiger partial charge in [-0.3, -0.25) is 4.79 Å². The van der Waals surface area contributed by atoms with Crippen LogP contribution in [-0.2, 0) is 12.6 Å². The number of halogens is 5. The number of hydrogen-bond donors (Lipinski definition) is 1. The van der Waals surface area contributed by atoms with Gasteiger partial charge in [-0.2, -0.15) is 13.2 Å². The van der Waals surface area contributed by atoms with Crippen molar-refractivity contribution >= 4 is 5.91 Å². The molecule has 0 radical (unpaired) electrons. The zero-order valence-electron chi connectivity index (χ0n) is 12.2. The first-order valence-corrected chi connectivity index (χ1v) is 6.77. The van der Waals surface area contributed by atoms with Crippen LogP contribution in [0.4, 0.5) is 22.0 Å². The van der Waals surface area contributed by atoms with Gasteiger partial charge in [-0.25, -0.2) is 8.78 Å². The molecule has 0 atom stereocenters. The van der Waals surface area contributed by atoms with Crippen molar-refractivity contribution in [1.82, 2.24) is 0 Å². The van der Waals surface area contributed by atoms with E-state index < -0.39 is 40.6 Å². The molecule has 3 nitrogen and oxygen atoms in total. The molecule has 2 N–H and O–H groups in total. The fourth-order valence-electron chi connectivity index (χ4n) is 2.05. The smallest absolute Gasteiger partial charge is 0.416 e. The molecule has 8 heteroatoms. The third-order valence-electron chi connectivity index (χ3n) is 3.20. The van der Waals surface area contributed by atoms with E-state index in [1.807, 2.05) is 0 Å². The Labute approximate surface area is 133 Å². The molecule has 2 aromatic rings. The maximum Gasteiger partial charge on any atom is 0.416 e. The Morgan fingerprint density at radius 3 is 2.46 bits per heavy atom. The average Bonchev–Trinajstić information content (AvgIpc) is 2.49. The highest BCUT2D eigenvalue weighted by Gasteiger charge is 2.30. The number of hydrogen-bond acceptors (Lipinski definition) is 2. The lowest BCUT2D eigenvalue weighted by atomic mass is 10.1. The van der Waals surface area contributed by atoms with Crippen LogP contribution in [-0.4, -0.2) is 12.5 Å². The summed E-state index contributed by atoms with van der Waals surface area (Å²) >= 11 is 0. The van der Waals surface area contributed by atoms with E-state index in [4.69, 9.17) is 10.5 Å². The van der Waals surface area contributed by atoms with E-state index in [2.05, 4.69) is 0 Å². The SMILES string of the molecule is NC(=O)c1c(F)ccc(OCCc2cccc(C(F)(F)F)c2)c1F. The molecule has 0 saturated heterocycles. The molecule has 24 heavy (non-hydrogen) atoms. The van der Waals surface area contributed by atoms with E-state index in [1.54, 1.807) is 0 Å². The number of carbonyl (C=O) groups excluding carboxylic acids is 1. The number of nitrogens with two attached hydrogens (primary N) is 1. The lowest BCUT2D eigenvalue weighted by Crippen LogP contribution is -2.16. The van der Waals surface area contributed by atoms with Gasteiger partial charge in [-0.05, 0) is 23.8 Å². The maximum atomic E-state index is 13.9. The maximum absolute atomic E-state index is 13.9. The average molecular weight is 345 g/mol. The second-order valence-electron chi connectivity index (χ2n) is 4.90. The van der Waals surface area contributed by atoms with Crippen LogP contribution in [0.15, 0.2) is 36.4 Å². The number of ether oxygens (including phenoxy) is 1. The molecular weight excluding hydrogens is 333 g/mol. The minimum Gasteiger partial charge on any atom is -0.490 e. The van der Waals surface area contributed by atoms with Gasteiger partial charge in [0.25, 0.3) is 5.91 Å². The van der Waals surface area contributed by atoms with Crippen molar-refractivity contribution in [3.05, 3.63) is 64.7 Å². The molecular formula is C16H12F5NO2. The van der Waals surface area contributed by atoms with Crippen LogP contribution in [0.2, 0.25) is 0 Å². The monoisotopic (exact) mass is 345 g/mol. The van der Waals surface area contributed by atoms with Crippen LogP contribution in [0, 0.1) is 11.6 Å². The first kappa shape index (κ1) is 17.7. The van der Waals surface area contributed by atoms with Gasteiger partial charge in [-0.15, -0.1) is 0 Å². The van der Waals surface area contributed by atoms with Crippen LogP contribution in [0.3, 0.4) is 0 Å². The van der Waals surface area contributed by atoms with Gasteiger partial charge < -0.3 is 10.5 Å². The fraction of sp³-hybridized carbons (Fsp3) is 0.188. The van der Waals surface area contributed by atoms with Crippen molar-refractivity contribution in [2.45, 2.75) is 12.6 Å². The molecule has 128 valence electrons. The Balaban J connectivity index is 2.08. The third kappa shape index (κ3) is 4.01. The van der Waals surface area contributed by atoms with E-state index in [9.17, 15) is 26.7 Å². The largest absolute Gasteiger partial charge is 0.490 e. The van der Waals surface area contributed by atoms with E-state index in [-0.39, 0.29) is 13.0 Å². The molecule has 0 aliphatic carbocycles. The Morgan fingerprint density at radius 1 is 1.12 bits per heavy atom. The van der Waals surface area contributed by atoms with Gasteiger partial charge in [0.1, 0.15) is 11.4 Å². The van der Waals surface area contributed by atoms with Gasteiger partial charge in [0.15, 0.2) is 11.6 Å². The van der Waals surface area contributed by atoms with Crippen molar-refractivity contribution in [1.29, 1.82) is 0 Å². The number of primary amides is 1. The molecule has 0 bridgehead atoms. The van der Waals surface area contributed by atoms with E-state index in [0.717, 1.165) is 24.3 Å². The Hall–Kier alpha value is -2.64. The number of rotatable bonds is 5. The molecule has 0 unspecified atom stereocenters. The number of carbonyl (C=O) groups is 1. The van der Waals surface area contributed by atoms with Gasteiger partial charge in [0.2, 0.25) is 0 Å². The molecule has 0 spiro atoms. The Morgan fingerprint density at radius 2 is 1.83 bits per heavy atom. The van der Waals surface area contributed by atoms with E-state index >= 15 is 0 Å². The van der Waals surface area contributed by atoms with Gasteiger partial charge in [0.05, 0.1) is 12.2 Å². The summed E-state index contributed by atoms with van der Waals surface area (Å²) in [6.45, 7) is -0.165. The second kappa shape index (κ2) is 6.86. The van der Waals surface area contributed by atoms with Crippen LogP contribution in [0.25, 0.3) is 0 Å². The van der Waals surface area contributed by atoms with Gasteiger partial charge in [-0.1, -0.05) is 18.2 Å². The summed E-state index contributed by atoms with van der Waals surface area (Å²) in [7, 11) is 0. The van der Waals surface area contributed by atoms with Crippen molar-refractivity contribution < 1.29 is 31.5 Å². The lowest BCUT2D eigenvalue weighted by molar-refractivity contribution is -0.137. The third-order valence-corrected chi connectivity index (χ3v) is 3.20. The highest BCUT2D eigenvalue weighted by atomic mass is 19.4. The highest BCUT2D eigenvalue weighted by Crippen LogP contribution is 2.29. The summed E-state index contributed by atoms with van der Waals surface area (Å²) in [5.41, 5.74) is 3.49. The molecule has 2 rings (SSSR count). The van der Waals surface area contributed by atoms with Crippen molar-refractivity contribution in [3.63, 3.8) is 0 Å². The molecule has 0 heterocycles. The zero-order valence-corrected chi connectivity index (χ0v) is 12.2. The van der Waals surface area contributed by atoms with Crippen LogP contribution >= 0.6 is 0 Å². The molecule has 0 aliphatic rings. The second-order valence-corrected chi connectivity index (χ2v) is 4.90. The topological polar surface area (TPSA) is 52.3 Å². The molecule has 0 aliphatic heterocycles. The molecule has 1 amide bonds. The predicted octanol–water partition coefficient (Wildman–Crippen LogP) is 3.70. The van der Waals surface area contributed by atoms with E-state index in [1.165, 1.54) is 12.1 Å². The summed E-state index contributed by atoms with van der Waals surface area (Å²) < 4.78 is 70.1. The zero-order chi connectivity index (χ0) is 17.9. The molecule has 2 aromatic carbocycles. The number of amides is 1.